The highest BCUT2D eigenvalue weighted by Gasteiger charge is 1.97. The predicted molar refractivity (Wildman–Crippen MR) is 101 cm³/mol. The molecule has 0 bridgehead atoms. The van der Waals surface area contributed by atoms with Crippen molar-refractivity contribution in [3.05, 3.63) is 28.7 Å². The van der Waals surface area contributed by atoms with Crippen molar-refractivity contribution in [2.45, 2.75) is 6.42 Å². The predicted octanol–water partition coefficient (Wildman–Crippen LogP) is 2.65. The van der Waals surface area contributed by atoms with Gasteiger partial charge in [-0.15, -0.1) is 24.0 Å². The lowest BCUT2D eigenvalue weighted by Gasteiger charge is -2.12. The molecule has 1 rings (SSSR count). The molecule has 0 fully saturated rings. The van der Waals surface area contributed by atoms with E-state index in [1.165, 1.54) is 0 Å². The van der Waals surface area contributed by atoms with Crippen LogP contribution in [0, 0.1) is 0 Å². The van der Waals surface area contributed by atoms with E-state index in [2.05, 4.69) is 31.6 Å². The molecule has 0 heterocycles. The van der Waals surface area contributed by atoms with Gasteiger partial charge in [-0.3, -0.25) is 4.99 Å². The lowest BCUT2D eigenvalue weighted by atomic mass is 10.3. The molecule has 0 spiro atoms. The zero-order chi connectivity index (χ0) is 14.6. The van der Waals surface area contributed by atoms with Crippen LogP contribution in [0.15, 0.2) is 33.7 Å². The Morgan fingerprint density at radius 3 is 2.43 bits per heavy atom. The monoisotopic (exact) mass is 471 g/mol. The summed E-state index contributed by atoms with van der Waals surface area (Å²) in [6.45, 7) is 2.86. The number of hydrogen-bond donors (Lipinski definition) is 2. The number of hydrogen-bond acceptors (Lipinski definition) is 3. The highest BCUT2D eigenvalue weighted by molar-refractivity contribution is 14.0. The van der Waals surface area contributed by atoms with E-state index in [0.717, 1.165) is 35.8 Å². The molecule has 21 heavy (non-hydrogen) atoms. The molecule has 0 unspecified atom stereocenters. The third-order valence-corrected chi connectivity index (χ3v) is 3.05. The summed E-state index contributed by atoms with van der Waals surface area (Å²) in [5.74, 6) is 1.64. The van der Waals surface area contributed by atoms with E-state index < -0.39 is 0 Å². The first kappa shape index (κ1) is 20.5. The summed E-state index contributed by atoms with van der Waals surface area (Å²) in [5.41, 5.74) is 0. The molecule has 0 aliphatic carbocycles. The maximum absolute atomic E-state index is 5.61. The van der Waals surface area contributed by atoms with Gasteiger partial charge in [-0.25, -0.2) is 0 Å². The molecular formula is C14H23BrIN3O2. The van der Waals surface area contributed by atoms with Crippen LogP contribution in [-0.4, -0.2) is 46.4 Å². The molecule has 0 aromatic heterocycles. The first-order chi connectivity index (χ1) is 9.76. The SMILES string of the molecule is CN=C(NCCCOC)NCCOc1ccc(Br)cc1.I. The first-order valence-electron chi connectivity index (χ1n) is 6.58. The fourth-order valence-corrected chi connectivity index (χ4v) is 1.78. The lowest BCUT2D eigenvalue weighted by molar-refractivity contribution is 0.195. The molecule has 0 aliphatic heterocycles. The van der Waals surface area contributed by atoms with Gasteiger partial charge >= 0.3 is 0 Å². The van der Waals surface area contributed by atoms with Crippen LogP contribution in [0.25, 0.3) is 0 Å². The number of nitrogens with zero attached hydrogens (tertiary/aromatic N) is 1. The molecule has 0 atom stereocenters. The number of halogens is 2. The van der Waals surface area contributed by atoms with Gasteiger partial charge in [0.1, 0.15) is 12.4 Å². The van der Waals surface area contributed by atoms with Gasteiger partial charge in [-0.05, 0) is 30.7 Å². The number of rotatable bonds is 8. The Labute approximate surface area is 152 Å². The molecule has 0 saturated carbocycles. The quantitative estimate of drug-likeness (QED) is 0.265. The molecule has 7 heteroatoms. The minimum absolute atomic E-state index is 0. The van der Waals surface area contributed by atoms with Gasteiger partial charge < -0.3 is 20.1 Å². The van der Waals surface area contributed by atoms with Gasteiger partial charge in [-0.1, -0.05) is 15.9 Å². The van der Waals surface area contributed by atoms with E-state index in [1.54, 1.807) is 14.2 Å². The van der Waals surface area contributed by atoms with E-state index >= 15 is 0 Å². The average molecular weight is 472 g/mol. The Morgan fingerprint density at radius 2 is 1.81 bits per heavy atom. The Kier molecular flexibility index (Phi) is 12.8. The summed E-state index contributed by atoms with van der Waals surface area (Å²) in [6.07, 6.45) is 0.951. The molecule has 120 valence electrons. The van der Waals surface area contributed by atoms with Gasteiger partial charge in [0, 0.05) is 31.8 Å². The van der Waals surface area contributed by atoms with Gasteiger partial charge in [0.25, 0.3) is 0 Å². The highest BCUT2D eigenvalue weighted by atomic mass is 127. The van der Waals surface area contributed by atoms with E-state index in [1.807, 2.05) is 24.3 Å². The minimum atomic E-state index is 0. The molecule has 0 amide bonds. The molecule has 1 aromatic rings. The molecule has 1 aromatic carbocycles. The van der Waals surface area contributed by atoms with E-state index in [0.29, 0.717) is 13.2 Å². The summed E-state index contributed by atoms with van der Waals surface area (Å²) >= 11 is 3.39. The molecule has 5 nitrogen and oxygen atoms in total. The zero-order valence-electron chi connectivity index (χ0n) is 12.4. The van der Waals surface area contributed by atoms with Crippen molar-refractivity contribution in [1.29, 1.82) is 0 Å². The number of nitrogens with one attached hydrogen (secondary N) is 2. The second-order valence-corrected chi connectivity index (χ2v) is 4.99. The number of ether oxygens (including phenoxy) is 2. The van der Waals surface area contributed by atoms with Crippen LogP contribution < -0.4 is 15.4 Å². The maximum atomic E-state index is 5.61. The standard InChI is InChI=1S/C14H22BrN3O2.HI/c1-16-14(17-8-3-10-19-2)18-9-11-20-13-6-4-12(15)5-7-13;/h4-7H,3,8-11H2,1-2H3,(H2,16,17,18);1H. The Balaban J connectivity index is 0.00000400. The summed E-state index contributed by atoms with van der Waals surface area (Å²) in [4.78, 5) is 4.13. The third-order valence-electron chi connectivity index (χ3n) is 2.52. The second-order valence-electron chi connectivity index (χ2n) is 4.07. The van der Waals surface area contributed by atoms with Crippen molar-refractivity contribution in [3.8, 4) is 5.75 Å². The third kappa shape index (κ3) is 9.92. The summed E-state index contributed by atoms with van der Waals surface area (Å²) in [5, 5.41) is 6.40. The number of aliphatic imine (C=N–C) groups is 1. The van der Waals surface area contributed by atoms with Crippen molar-refractivity contribution in [2.75, 3.05) is 40.5 Å². The molecular weight excluding hydrogens is 449 g/mol. The Morgan fingerprint density at radius 1 is 1.14 bits per heavy atom. The molecule has 0 radical (unpaired) electrons. The number of methoxy groups -OCH3 is 1. The Bertz CT molecular complexity index is 402. The number of guanidine groups is 1. The second kappa shape index (κ2) is 13.1. The Hall–Kier alpha value is -0.540. The molecule has 0 saturated heterocycles. The lowest BCUT2D eigenvalue weighted by Crippen LogP contribution is -2.39. The minimum Gasteiger partial charge on any atom is -0.492 e. The van der Waals surface area contributed by atoms with Gasteiger partial charge in [-0.2, -0.15) is 0 Å². The van der Waals surface area contributed by atoms with Crippen LogP contribution in [-0.2, 0) is 4.74 Å². The van der Waals surface area contributed by atoms with Gasteiger partial charge in [0.15, 0.2) is 5.96 Å². The van der Waals surface area contributed by atoms with E-state index in [-0.39, 0.29) is 24.0 Å². The van der Waals surface area contributed by atoms with Gasteiger partial charge in [0.05, 0.1) is 6.54 Å². The van der Waals surface area contributed by atoms with Crippen molar-refractivity contribution in [2.24, 2.45) is 4.99 Å². The van der Waals surface area contributed by atoms with Crippen LogP contribution in [0.4, 0.5) is 0 Å². The maximum Gasteiger partial charge on any atom is 0.191 e. The normalized spacial score (nSPS) is 10.7. The van der Waals surface area contributed by atoms with E-state index in [9.17, 15) is 0 Å². The van der Waals surface area contributed by atoms with Crippen LogP contribution in [0.2, 0.25) is 0 Å². The summed E-state index contributed by atoms with van der Waals surface area (Å²) < 4.78 is 11.6. The fourth-order valence-electron chi connectivity index (χ4n) is 1.51. The topological polar surface area (TPSA) is 54.9 Å². The fraction of sp³-hybridized carbons (Fsp3) is 0.500. The summed E-state index contributed by atoms with van der Waals surface area (Å²) in [7, 11) is 3.45. The van der Waals surface area contributed by atoms with Crippen LogP contribution in [0.1, 0.15) is 6.42 Å². The molecule has 0 aliphatic rings. The van der Waals surface area contributed by atoms with Crippen molar-refractivity contribution >= 4 is 45.9 Å². The van der Waals surface area contributed by atoms with Crippen molar-refractivity contribution in [1.82, 2.24) is 10.6 Å². The first-order valence-corrected chi connectivity index (χ1v) is 7.37. The largest absolute Gasteiger partial charge is 0.492 e. The van der Waals surface area contributed by atoms with Crippen molar-refractivity contribution in [3.63, 3.8) is 0 Å². The molecule has 2 N–H and O–H groups in total. The van der Waals surface area contributed by atoms with E-state index in [4.69, 9.17) is 9.47 Å². The summed E-state index contributed by atoms with van der Waals surface area (Å²) in [6, 6.07) is 7.78. The zero-order valence-corrected chi connectivity index (χ0v) is 16.3. The smallest absolute Gasteiger partial charge is 0.191 e. The highest BCUT2D eigenvalue weighted by Crippen LogP contribution is 2.15. The average Bonchev–Trinajstić information content (AvgIpc) is 2.47. The van der Waals surface area contributed by atoms with Crippen LogP contribution in [0.5, 0.6) is 5.75 Å². The van der Waals surface area contributed by atoms with Gasteiger partial charge in [0.2, 0.25) is 0 Å². The van der Waals surface area contributed by atoms with Crippen LogP contribution >= 0.6 is 39.9 Å². The number of benzene rings is 1. The van der Waals surface area contributed by atoms with Crippen molar-refractivity contribution < 1.29 is 9.47 Å². The van der Waals surface area contributed by atoms with Crippen LogP contribution in [0.3, 0.4) is 0 Å².